The molecule has 4 heteroatoms. The van der Waals surface area contributed by atoms with Crippen LogP contribution in [0.25, 0.3) is 11.0 Å². The number of amides is 1. The summed E-state index contributed by atoms with van der Waals surface area (Å²) in [6.07, 6.45) is 0. The van der Waals surface area contributed by atoms with Crippen molar-refractivity contribution in [2.45, 2.75) is 26.8 Å². The van der Waals surface area contributed by atoms with Gasteiger partial charge in [-0.2, -0.15) is 0 Å². The van der Waals surface area contributed by atoms with Crippen molar-refractivity contribution in [3.63, 3.8) is 0 Å². The maximum Gasteiger partial charge on any atom is 0.258 e. The normalized spacial score (nSPS) is 12.1. The van der Waals surface area contributed by atoms with E-state index in [1.54, 1.807) is 0 Å². The number of nitrogens with one attached hydrogen (secondary N) is 1. The van der Waals surface area contributed by atoms with Crippen LogP contribution in [0.4, 0.5) is 0 Å². The van der Waals surface area contributed by atoms with Crippen molar-refractivity contribution < 1.29 is 13.9 Å². The Morgan fingerprint density at radius 2 is 1.96 bits per heavy atom. The van der Waals surface area contributed by atoms with Gasteiger partial charge in [-0.3, -0.25) is 4.79 Å². The summed E-state index contributed by atoms with van der Waals surface area (Å²) in [4.78, 5) is 12.1. The third-order valence-electron chi connectivity index (χ3n) is 4.16. The average molecular weight is 323 g/mol. The molecule has 1 amide bonds. The summed E-state index contributed by atoms with van der Waals surface area (Å²) in [5.74, 6) is 1.29. The number of aryl methyl sites for hydroxylation is 1. The molecule has 3 rings (SSSR count). The molecule has 0 radical (unpaired) electrons. The van der Waals surface area contributed by atoms with Crippen LogP contribution >= 0.6 is 0 Å². The molecule has 0 saturated heterocycles. The minimum atomic E-state index is -0.216. The predicted molar refractivity (Wildman–Crippen MR) is 94.2 cm³/mol. The molecule has 0 aliphatic heterocycles. The first kappa shape index (κ1) is 16.1. The molecule has 4 nitrogen and oxygen atoms in total. The van der Waals surface area contributed by atoms with Crippen molar-refractivity contribution in [3.05, 3.63) is 65.4 Å². The highest BCUT2D eigenvalue weighted by atomic mass is 16.5. The minimum absolute atomic E-state index is 0.0190. The Labute approximate surface area is 141 Å². The lowest BCUT2D eigenvalue weighted by Crippen LogP contribution is -2.31. The van der Waals surface area contributed by atoms with Crippen LogP contribution in [0, 0.1) is 13.8 Å². The zero-order valence-corrected chi connectivity index (χ0v) is 14.1. The number of hydrogen-bond acceptors (Lipinski definition) is 3. The first-order chi connectivity index (χ1) is 11.5. The minimum Gasteiger partial charge on any atom is -0.483 e. The Kier molecular flexibility index (Phi) is 4.56. The quantitative estimate of drug-likeness (QED) is 0.761. The first-order valence-electron chi connectivity index (χ1n) is 8.01. The topological polar surface area (TPSA) is 51.5 Å². The monoisotopic (exact) mass is 323 g/mol. The number of carbonyl (C=O) groups excluding carboxylic acids is 1. The predicted octanol–water partition coefficient (Wildman–Crippen LogP) is 4.31. The number of hydrogen-bond donors (Lipinski definition) is 1. The maximum atomic E-state index is 12.1. The van der Waals surface area contributed by atoms with E-state index in [0.717, 1.165) is 33.6 Å². The Bertz CT molecular complexity index is 833. The average Bonchev–Trinajstić information content (AvgIpc) is 3.00. The molecule has 0 bridgehead atoms. The molecular formula is C20H21NO3. The van der Waals surface area contributed by atoms with Crippen molar-refractivity contribution in [1.82, 2.24) is 5.32 Å². The van der Waals surface area contributed by atoms with Crippen molar-refractivity contribution >= 4 is 16.9 Å². The fraction of sp³-hybridized carbons (Fsp3) is 0.250. The van der Waals surface area contributed by atoms with Crippen molar-refractivity contribution in [3.8, 4) is 5.75 Å². The van der Waals surface area contributed by atoms with Crippen LogP contribution in [0.3, 0.4) is 0 Å². The Morgan fingerprint density at radius 1 is 1.17 bits per heavy atom. The molecule has 1 aromatic heterocycles. The van der Waals surface area contributed by atoms with Gasteiger partial charge in [-0.25, -0.2) is 0 Å². The molecule has 1 N–H and O–H groups in total. The van der Waals surface area contributed by atoms with Crippen molar-refractivity contribution in [2.24, 2.45) is 0 Å². The van der Waals surface area contributed by atoms with E-state index in [1.807, 2.05) is 69.3 Å². The molecule has 24 heavy (non-hydrogen) atoms. The largest absolute Gasteiger partial charge is 0.483 e. The molecule has 3 aromatic rings. The fourth-order valence-corrected chi connectivity index (χ4v) is 2.59. The van der Waals surface area contributed by atoms with Gasteiger partial charge in [0, 0.05) is 5.39 Å². The van der Waals surface area contributed by atoms with E-state index in [9.17, 15) is 4.79 Å². The Hall–Kier alpha value is -2.75. The molecule has 0 saturated carbocycles. The molecular weight excluding hydrogens is 302 g/mol. The summed E-state index contributed by atoms with van der Waals surface area (Å²) >= 11 is 0. The molecule has 0 aliphatic rings. The number of fused-ring (bicyclic) bond motifs is 1. The number of benzene rings is 2. The number of carbonyl (C=O) groups is 1. The van der Waals surface area contributed by atoms with E-state index < -0.39 is 0 Å². The second-order valence-electron chi connectivity index (χ2n) is 5.96. The van der Waals surface area contributed by atoms with Gasteiger partial charge in [-0.1, -0.05) is 30.3 Å². The standard InChI is InChI=1S/C20H21NO3/c1-13-7-6-10-17(14(13)2)23-12-20(22)21-15(3)19-11-16-8-4-5-9-18(16)24-19/h4-11,15H,12H2,1-3H3,(H,21,22)/t15-/m1/s1. The van der Waals surface area contributed by atoms with E-state index >= 15 is 0 Å². The van der Waals surface area contributed by atoms with Gasteiger partial charge < -0.3 is 14.5 Å². The zero-order chi connectivity index (χ0) is 17.1. The summed E-state index contributed by atoms with van der Waals surface area (Å²) in [5, 5.41) is 3.93. The molecule has 1 heterocycles. The molecule has 0 fully saturated rings. The van der Waals surface area contributed by atoms with Crippen LogP contribution in [0.15, 0.2) is 52.9 Å². The van der Waals surface area contributed by atoms with Crippen LogP contribution < -0.4 is 10.1 Å². The van der Waals surface area contributed by atoms with Crippen molar-refractivity contribution in [2.75, 3.05) is 6.61 Å². The van der Waals surface area contributed by atoms with Gasteiger partial charge in [0.15, 0.2) is 6.61 Å². The summed E-state index contributed by atoms with van der Waals surface area (Å²) < 4.78 is 11.4. The molecule has 1 atom stereocenters. The third-order valence-corrected chi connectivity index (χ3v) is 4.16. The van der Waals surface area contributed by atoms with E-state index in [2.05, 4.69) is 5.32 Å². The van der Waals surface area contributed by atoms with Crippen LogP contribution in [-0.4, -0.2) is 12.5 Å². The van der Waals surface area contributed by atoms with Crippen LogP contribution in [0.5, 0.6) is 5.75 Å². The van der Waals surface area contributed by atoms with E-state index in [0.29, 0.717) is 0 Å². The van der Waals surface area contributed by atoms with E-state index in [1.165, 1.54) is 0 Å². The van der Waals surface area contributed by atoms with Crippen LogP contribution in [-0.2, 0) is 4.79 Å². The van der Waals surface area contributed by atoms with Gasteiger partial charge in [0.05, 0.1) is 6.04 Å². The van der Waals surface area contributed by atoms with Gasteiger partial charge in [-0.05, 0) is 50.1 Å². The van der Waals surface area contributed by atoms with Gasteiger partial charge in [0.2, 0.25) is 0 Å². The lowest BCUT2D eigenvalue weighted by Gasteiger charge is -2.13. The Morgan fingerprint density at radius 3 is 2.75 bits per heavy atom. The molecule has 0 unspecified atom stereocenters. The second-order valence-corrected chi connectivity index (χ2v) is 5.96. The summed E-state index contributed by atoms with van der Waals surface area (Å²) in [5.41, 5.74) is 3.01. The lowest BCUT2D eigenvalue weighted by atomic mass is 10.1. The highest BCUT2D eigenvalue weighted by Crippen LogP contribution is 2.24. The molecule has 124 valence electrons. The van der Waals surface area contributed by atoms with Gasteiger partial charge >= 0.3 is 0 Å². The Balaban J connectivity index is 1.60. The van der Waals surface area contributed by atoms with Gasteiger partial charge in [-0.15, -0.1) is 0 Å². The number of rotatable bonds is 5. The number of para-hydroxylation sites is 1. The van der Waals surface area contributed by atoms with E-state index in [-0.39, 0.29) is 18.6 Å². The van der Waals surface area contributed by atoms with Crippen LogP contribution in [0.1, 0.15) is 29.9 Å². The lowest BCUT2D eigenvalue weighted by molar-refractivity contribution is -0.123. The molecule has 0 spiro atoms. The second kappa shape index (κ2) is 6.79. The molecule has 0 aliphatic carbocycles. The third kappa shape index (κ3) is 3.43. The summed E-state index contributed by atoms with van der Waals surface area (Å²) in [6, 6.07) is 15.3. The number of furan rings is 1. The zero-order valence-electron chi connectivity index (χ0n) is 14.1. The van der Waals surface area contributed by atoms with Crippen LogP contribution in [0.2, 0.25) is 0 Å². The van der Waals surface area contributed by atoms with E-state index in [4.69, 9.17) is 9.15 Å². The van der Waals surface area contributed by atoms with Gasteiger partial charge in [0.1, 0.15) is 17.1 Å². The SMILES string of the molecule is Cc1cccc(OCC(=O)N[C@H](C)c2cc3ccccc3o2)c1C. The fourth-order valence-electron chi connectivity index (χ4n) is 2.59. The maximum absolute atomic E-state index is 12.1. The summed E-state index contributed by atoms with van der Waals surface area (Å²) in [7, 11) is 0. The van der Waals surface area contributed by atoms with Crippen molar-refractivity contribution in [1.29, 1.82) is 0 Å². The summed E-state index contributed by atoms with van der Waals surface area (Å²) in [6.45, 7) is 5.88. The highest BCUT2D eigenvalue weighted by molar-refractivity contribution is 5.79. The smallest absolute Gasteiger partial charge is 0.258 e. The number of ether oxygens (including phenoxy) is 1. The first-order valence-corrected chi connectivity index (χ1v) is 8.01. The molecule has 2 aromatic carbocycles. The highest BCUT2D eigenvalue weighted by Gasteiger charge is 2.15. The van der Waals surface area contributed by atoms with Gasteiger partial charge in [0.25, 0.3) is 5.91 Å².